The predicted octanol–water partition coefficient (Wildman–Crippen LogP) is 0.934. The number of carbonyl (C=O) groups is 1. The second-order valence-electron chi connectivity index (χ2n) is 7.39. The molecular weight excluding hydrogens is 330 g/mol. The Morgan fingerprint density at radius 1 is 1.12 bits per heavy atom. The molecule has 0 spiro atoms. The fourth-order valence-electron chi connectivity index (χ4n) is 4.01. The Morgan fingerprint density at radius 3 is 2.65 bits per heavy atom. The fraction of sp³-hybridized carbons (Fsp3) is 0.667. The van der Waals surface area contributed by atoms with Gasteiger partial charge in [-0.15, -0.1) is 0 Å². The molecule has 4 rings (SSSR count). The molecule has 2 aliphatic rings. The third-order valence-electron chi connectivity index (χ3n) is 5.49. The highest BCUT2D eigenvalue weighted by molar-refractivity contribution is 5.83. The normalized spacial score (nSPS) is 19.8. The van der Waals surface area contributed by atoms with Crippen LogP contribution in [-0.2, 0) is 11.8 Å². The molecule has 3 heterocycles. The van der Waals surface area contributed by atoms with Gasteiger partial charge in [-0.2, -0.15) is 0 Å². The second-order valence-corrected chi connectivity index (χ2v) is 7.39. The lowest BCUT2D eigenvalue weighted by Gasteiger charge is -2.35. The molecule has 26 heavy (non-hydrogen) atoms. The van der Waals surface area contributed by atoms with Gasteiger partial charge in [0.05, 0.1) is 12.9 Å². The molecule has 2 aromatic rings. The van der Waals surface area contributed by atoms with Crippen molar-refractivity contribution in [2.24, 2.45) is 7.05 Å². The van der Waals surface area contributed by atoms with E-state index >= 15 is 0 Å². The van der Waals surface area contributed by atoms with Crippen molar-refractivity contribution in [3.05, 3.63) is 12.7 Å². The molecule has 0 aromatic carbocycles. The molecule has 8 nitrogen and oxygen atoms in total. The lowest BCUT2D eigenvalue weighted by Crippen LogP contribution is -2.51. The first kappa shape index (κ1) is 17.2. The standard InChI is InChI=1S/C18H27N7O/c1-23-13-21-16-17(23)19-12-20-18(16)25-9-7-24(8-10-25)11-15(26)22-14-5-3-2-4-6-14/h12-14H,2-11H2,1H3,(H,22,26). The van der Waals surface area contributed by atoms with Gasteiger partial charge in [0.15, 0.2) is 17.0 Å². The largest absolute Gasteiger partial charge is 0.352 e. The number of carbonyl (C=O) groups excluding carboxylic acids is 1. The van der Waals surface area contributed by atoms with E-state index in [1.54, 1.807) is 12.7 Å². The molecular formula is C18H27N7O. The molecule has 1 amide bonds. The van der Waals surface area contributed by atoms with E-state index in [1.807, 2.05) is 11.6 Å². The molecule has 1 aliphatic carbocycles. The van der Waals surface area contributed by atoms with Gasteiger partial charge < -0.3 is 14.8 Å². The lowest BCUT2D eigenvalue weighted by atomic mass is 9.95. The molecule has 2 fully saturated rings. The van der Waals surface area contributed by atoms with Gasteiger partial charge in [0, 0.05) is 39.3 Å². The third kappa shape index (κ3) is 3.65. The third-order valence-corrected chi connectivity index (χ3v) is 5.49. The summed E-state index contributed by atoms with van der Waals surface area (Å²) in [6.07, 6.45) is 9.43. The summed E-state index contributed by atoms with van der Waals surface area (Å²) in [5, 5.41) is 3.21. The van der Waals surface area contributed by atoms with Gasteiger partial charge in [-0.05, 0) is 12.8 Å². The van der Waals surface area contributed by atoms with Crippen molar-refractivity contribution in [3.8, 4) is 0 Å². The topological polar surface area (TPSA) is 79.2 Å². The number of hydrogen-bond acceptors (Lipinski definition) is 6. The molecule has 0 radical (unpaired) electrons. The number of aromatic nitrogens is 4. The first-order chi connectivity index (χ1) is 12.7. The first-order valence-corrected chi connectivity index (χ1v) is 9.59. The number of aryl methyl sites for hydroxylation is 1. The Bertz CT molecular complexity index is 760. The molecule has 0 atom stereocenters. The summed E-state index contributed by atoms with van der Waals surface area (Å²) in [7, 11) is 1.94. The smallest absolute Gasteiger partial charge is 0.234 e. The van der Waals surface area contributed by atoms with Crippen LogP contribution < -0.4 is 10.2 Å². The number of nitrogens with zero attached hydrogens (tertiary/aromatic N) is 6. The highest BCUT2D eigenvalue weighted by Gasteiger charge is 2.23. The number of anilines is 1. The van der Waals surface area contributed by atoms with E-state index in [0.29, 0.717) is 12.6 Å². The Balaban J connectivity index is 1.31. The van der Waals surface area contributed by atoms with Crippen LogP contribution in [0.1, 0.15) is 32.1 Å². The second kappa shape index (κ2) is 7.57. The monoisotopic (exact) mass is 357 g/mol. The molecule has 140 valence electrons. The van der Waals surface area contributed by atoms with Crippen molar-refractivity contribution < 1.29 is 4.79 Å². The van der Waals surface area contributed by atoms with E-state index in [-0.39, 0.29) is 5.91 Å². The molecule has 2 aromatic heterocycles. The summed E-state index contributed by atoms with van der Waals surface area (Å²) in [6.45, 7) is 3.90. The zero-order valence-corrected chi connectivity index (χ0v) is 15.4. The Kier molecular flexibility index (Phi) is 5.01. The zero-order valence-electron chi connectivity index (χ0n) is 15.4. The molecule has 1 aliphatic heterocycles. The van der Waals surface area contributed by atoms with Crippen molar-refractivity contribution in [1.82, 2.24) is 29.7 Å². The summed E-state index contributed by atoms with van der Waals surface area (Å²) in [5.74, 6) is 1.06. The summed E-state index contributed by atoms with van der Waals surface area (Å²) in [4.78, 5) is 30.0. The highest BCUT2D eigenvalue weighted by Crippen LogP contribution is 2.22. The predicted molar refractivity (Wildman–Crippen MR) is 100.0 cm³/mol. The number of nitrogens with one attached hydrogen (secondary N) is 1. The SMILES string of the molecule is Cn1cnc2c(N3CCN(CC(=O)NC4CCCCC4)CC3)ncnc21. The Hall–Kier alpha value is -2.22. The maximum absolute atomic E-state index is 12.3. The number of rotatable bonds is 4. The maximum atomic E-state index is 12.3. The number of piperazine rings is 1. The van der Waals surface area contributed by atoms with E-state index in [9.17, 15) is 4.79 Å². The van der Waals surface area contributed by atoms with Crippen LogP contribution in [0.5, 0.6) is 0 Å². The van der Waals surface area contributed by atoms with Crippen molar-refractivity contribution >= 4 is 22.9 Å². The van der Waals surface area contributed by atoms with Gasteiger partial charge in [0.1, 0.15) is 6.33 Å². The highest BCUT2D eigenvalue weighted by atomic mass is 16.2. The average Bonchev–Trinajstić information content (AvgIpc) is 3.04. The number of amides is 1. The van der Waals surface area contributed by atoms with Crippen molar-refractivity contribution in [1.29, 1.82) is 0 Å². The summed E-state index contributed by atoms with van der Waals surface area (Å²) >= 11 is 0. The minimum Gasteiger partial charge on any atom is -0.352 e. The first-order valence-electron chi connectivity index (χ1n) is 9.59. The number of hydrogen-bond donors (Lipinski definition) is 1. The minimum absolute atomic E-state index is 0.166. The number of imidazole rings is 1. The van der Waals surface area contributed by atoms with Crippen molar-refractivity contribution in [3.63, 3.8) is 0 Å². The van der Waals surface area contributed by atoms with Gasteiger partial charge in [0.2, 0.25) is 5.91 Å². The summed E-state index contributed by atoms with van der Waals surface area (Å²) in [6, 6.07) is 0.385. The van der Waals surface area contributed by atoms with Crippen molar-refractivity contribution in [2.75, 3.05) is 37.6 Å². The van der Waals surface area contributed by atoms with Gasteiger partial charge in [-0.25, -0.2) is 15.0 Å². The van der Waals surface area contributed by atoms with Gasteiger partial charge in [-0.1, -0.05) is 19.3 Å². The van der Waals surface area contributed by atoms with Crippen LogP contribution in [0.25, 0.3) is 11.2 Å². The molecule has 0 unspecified atom stereocenters. The summed E-state index contributed by atoms with van der Waals surface area (Å²) < 4.78 is 1.91. The lowest BCUT2D eigenvalue weighted by molar-refractivity contribution is -0.123. The molecule has 1 saturated carbocycles. The summed E-state index contributed by atoms with van der Waals surface area (Å²) in [5.41, 5.74) is 1.70. The van der Waals surface area contributed by atoms with E-state index in [2.05, 4.69) is 30.1 Å². The van der Waals surface area contributed by atoms with Crippen LogP contribution >= 0.6 is 0 Å². The molecule has 8 heteroatoms. The van der Waals surface area contributed by atoms with E-state index < -0.39 is 0 Å². The van der Waals surface area contributed by atoms with Crippen LogP contribution in [0.2, 0.25) is 0 Å². The Labute approximate surface area is 153 Å². The minimum atomic E-state index is 0.166. The fourth-order valence-corrected chi connectivity index (χ4v) is 4.01. The quantitative estimate of drug-likeness (QED) is 0.877. The zero-order chi connectivity index (χ0) is 17.9. The van der Waals surface area contributed by atoms with E-state index in [4.69, 9.17) is 0 Å². The van der Waals surface area contributed by atoms with E-state index in [1.165, 1.54) is 19.3 Å². The van der Waals surface area contributed by atoms with Gasteiger partial charge in [0.25, 0.3) is 0 Å². The van der Waals surface area contributed by atoms with Crippen LogP contribution in [0.15, 0.2) is 12.7 Å². The van der Waals surface area contributed by atoms with Crippen LogP contribution in [0, 0.1) is 0 Å². The molecule has 1 saturated heterocycles. The molecule has 1 N–H and O–H groups in total. The van der Waals surface area contributed by atoms with Gasteiger partial charge in [-0.3, -0.25) is 9.69 Å². The van der Waals surface area contributed by atoms with Crippen LogP contribution in [0.4, 0.5) is 5.82 Å². The van der Waals surface area contributed by atoms with Crippen molar-refractivity contribution in [2.45, 2.75) is 38.1 Å². The number of fused-ring (bicyclic) bond motifs is 1. The van der Waals surface area contributed by atoms with E-state index in [0.717, 1.165) is 56.0 Å². The Morgan fingerprint density at radius 2 is 1.88 bits per heavy atom. The van der Waals surface area contributed by atoms with Crippen LogP contribution in [0.3, 0.4) is 0 Å². The van der Waals surface area contributed by atoms with Crippen LogP contribution in [-0.4, -0.2) is 69.1 Å². The maximum Gasteiger partial charge on any atom is 0.234 e. The van der Waals surface area contributed by atoms with Gasteiger partial charge >= 0.3 is 0 Å². The average molecular weight is 357 g/mol. The molecule has 0 bridgehead atoms.